The van der Waals surface area contributed by atoms with E-state index in [1.165, 1.54) is 81.8 Å². The highest BCUT2D eigenvalue weighted by Gasteiger charge is 2.67. The molecule has 13 unspecified atom stereocenters. The third kappa shape index (κ3) is 5.73. The highest BCUT2D eigenvalue weighted by Crippen LogP contribution is 2.73. The molecule has 0 aromatic carbocycles. The number of nitrogens with zero attached hydrogens (tertiary/aromatic N) is 1. The molecular weight excluding hydrogens is 653 g/mol. The maximum atomic E-state index is 9.37. The van der Waals surface area contributed by atoms with Gasteiger partial charge in [-0.1, -0.05) is 79.0 Å². The molecule has 0 aromatic rings. The lowest BCUT2D eigenvalue weighted by Crippen LogP contribution is -2.68. The Morgan fingerprint density at radius 3 is 2.33 bits per heavy atom. The minimum atomic E-state index is 0.104. The van der Waals surface area contributed by atoms with Crippen molar-refractivity contribution in [3.8, 4) is 6.07 Å². The molecule has 2 saturated heterocycles. The lowest BCUT2D eigenvalue weighted by atomic mass is 9.50. The smallest absolute Gasteiger partial charge is 0.0943 e. The first kappa shape index (κ1) is 33.9. The number of thioether (sulfide) groups is 1. The molecule has 0 amide bonds. The topological polar surface area (TPSA) is 59.9 Å². The minimum Gasteiger partial charge on any atom is -0.279 e. The maximum Gasteiger partial charge on any atom is 0.0943 e. The van der Waals surface area contributed by atoms with Crippen molar-refractivity contribution in [3.63, 3.8) is 0 Å². The van der Waals surface area contributed by atoms with Gasteiger partial charge in [0, 0.05) is 10.8 Å². The van der Waals surface area contributed by atoms with Crippen molar-refractivity contribution in [3.05, 3.63) is 106 Å². The number of nitrogens with one attached hydrogen (secondary N) is 3. The van der Waals surface area contributed by atoms with E-state index in [1.54, 1.807) is 10.5 Å². The molecule has 2 aliphatic heterocycles. The molecule has 3 N–H and O–H groups in total. The third-order valence-electron chi connectivity index (χ3n) is 15.4. The second-order valence-electron chi connectivity index (χ2n) is 17.8. The van der Waals surface area contributed by atoms with Gasteiger partial charge in [0.1, 0.15) is 0 Å². The molecule has 8 aliphatic carbocycles. The summed E-state index contributed by atoms with van der Waals surface area (Å²) >= 11 is 2.26. The first-order chi connectivity index (χ1) is 25.7. The Morgan fingerprint density at radius 1 is 0.692 bits per heavy atom. The summed E-state index contributed by atoms with van der Waals surface area (Å²) < 4.78 is 0. The molecule has 10 rings (SSSR count). The van der Waals surface area contributed by atoms with Gasteiger partial charge in [-0.15, -0.1) is 11.8 Å². The van der Waals surface area contributed by atoms with Crippen LogP contribution in [0.15, 0.2) is 106 Å². The molecule has 5 heteroatoms. The van der Waals surface area contributed by atoms with Crippen LogP contribution in [-0.2, 0) is 0 Å². The summed E-state index contributed by atoms with van der Waals surface area (Å²) in [4.78, 5) is 1.75. The van der Waals surface area contributed by atoms with Crippen molar-refractivity contribution in [1.29, 1.82) is 5.26 Å². The first-order valence-electron chi connectivity index (χ1n) is 21.2. The quantitative estimate of drug-likeness (QED) is 0.254. The van der Waals surface area contributed by atoms with E-state index in [4.69, 9.17) is 0 Å². The Morgan fingerprint density at radius 2 is 1.52 bits per heavy atom. The number of nitriles is 1. The summed E-state index contributed by atoms with van der Waals surface area (Å²) in [5.41, 5.74) is 5.73. The molecule has 4 nitrogen and oxygen atoms in total. The summed E-state index contributed by atoms with van der Waals surface area (Å²) in [6, 6.07) is 2.39. The zero-order valence-corrected chi connectivity index (χ0v) is 31.7. The van der Waals surface area contributed by atoms with Crippen molar-refractivity contribution >= 4 is 11.8 Å². The Balaban J connectivity index is 0.984. The largest absolute Gasteiger partial charge is 0.279 e. The molecule has 3 fully saturated rings. The minimum absolute atomic E-state index is 0.104. The van der Waals surface area contributed by atoms with Crippen LogP contribution in [0, 0.1) is 64.1 Å². The molecule has 0 aromatic heterocycles. The van der Waals surface area contributed by atoms with Crippen LogP contribution < -0.4 is 16.0 Å². The number of fused-ring (bicyclic) bond motifs is 9. The third-order valence-corrected chi connectivity index (χ3v) is 16.9. The van der Waals surface area contributed by atoms with Crippen LogP contribution in [-0.4, -0.2) is 23.7 Å². The molecule has 10 aliphatic rings. The van der Waals surface area contributed by atoms with Crippen molar-refractivity contribution in [2.45, 2.75) is 120 Å². The molecule has 1 saturated carbocycles. The van der Waals surface area contributed by atoms with E-state index in [0.717, 1.165) is 49.0 Å². The average molecular weight is 711 g/mol. The molecule has 0 bridgehead atoms. The maximum absolute atomic E-state index is 9.37. The molecule has 272 valence electrons. The van der Waals surface area contributed by atoms with Gasteiger partial charge >= 0.3 is 0 Å². The molecule has 13 atom stereocenters. The highest BCUT2D eigenvalue weighted by atomic mass is 32.2. The van der Waals surface area contributed by atoms with E-state index in [1.807, 2.05) is 0 Å². The van der Waals surface area contributed by atoms with Gasteiger partial charge in [-0.05, 0) is 171 Å². The average Bonchev–Trinajstić information content (AvgIpc) is 3.51. The highest BCUT2D eigenvalue weighted by molar-refractivity contribution is 8.03. The second kappa shape index (κ2) is 14.2. The van der Waals surface area contributed by atoms with Gasteiger partial charge in [-0.3, -0.25) is 16.0 Å². The van der Waals surface area contributed by atoms with Gasteiger partial charge in [0.05, 0.1) is 24.6 Å². The SMILES string of the molecule is N#CC1=CCC(C2C=CC(C3NC(C4=CC5C(C=C4)C4C=CCCC4C54C5CCCC=C5SC5C=CCCC54)NC(C4=CCCCC4)N3)=CC2)CC1. The van der Waals surface area contributed by atoms with E-state index < -0.39 is 0 Å². The molecule has 0 radical (unpaired) electrons. The first-order valence-corrected chi connectivity index (χ1v) is 22.1. The van der Waals surface area contributed by atoms with Gasteiger partial charge < -0.3 is 0 Å². The molecule has 1 spiro atoms. The van der Waals surface area contributed by atoms with E-state index in [9.17, 15) is 5.26 Å². The van der Waals surface area contributed by atoms with Crippen LogP contribution in [0.2, 0.25) is 0 Å². The normalized spacial score (nSPS) is 44.9. The van der Waals surface area contributed by atoms with Gasteiger partial charge in [-0.2, -0.15) is 5.26 Å². The van der Waals surface area contributed by atoms with E-state index in [2.05, 4.69) is 113 Å². The van der Waals surface area contributed by atoms with E-state index in [-0.39, 0.29) is 18.5 Å². The van der Waals surface area contributed by atoms with E-state index >= 15 is 0 Å². The zero-order chi connectivity index (χ0) is 34.6. The number of allylic oxidation sites excluding steroid dienone is 12. The zero-order valence-electron chi connectivity index (χ0n) is 30.9. The van der Waals surface area contributed by atoms with Crippen LogP contribution in [0.1, 0.15) is 96.3 Å². The van der Waals surface area contributed by atoms with Crippen molar-refractivity contribution in [2.24, 2.45) is 52.8 Å². The molecule has 2 heterocycles. The summed E-state index contributed by atoms with van der Waals surface area (Å²) in [6.45, 7) is 0. The van der Waals surface area contributed by atoms with Crippen LogP contribution >= 0.6 is 11.8 Å². The number of hydrogen-bond acceptors (Lipinski definition) is 5. The van der Waals surface area contributed by atoms with Gasteiger partial charge in [-0.25, -0.2) is 0 Å². The fraction of sp³-hybridized carbons (Fsp3) is 0.596. The van der Waals surface area contributed by atoms with Crippen LogP contribution in [0.5, 0.6) is 0 Å². The van der Waals surface area contributed by atoms with Crippen LogP contribution in [0.3, 0.4) is 0 Å². The Kier molecular flexibility index (Phi) is 9.28. The lowest BCUT2D eigenvalue weighted by molar-refractivity contribution is -0.0122. The summed E-state index contributed by atoms with van der Waals surface area (Å²) in [7, 11) is 0. The Labute approximate surface area is 316 Å². The fourth-order valence-electron chi connectivity index (χ4n) is 13.1. The van der Waals surface area contributed by atoms with Crippen molar-refractivity contribution in [2.75, 3.05) is 0 Å². The summed E-state index contributed by atoms with van der Waals surface area (Å²) in [6.07, 6.45) is 52.1. The Hall–Kier alpha value is -2.62. The van der Waals surface area contributed by atoms with Gasteiger partial charge in [0.15, 0.2) is 0 Å². The Bertz CT molecular complexity index is 1750. The molecular formula is C47H58N4S. The number of hydrogen-bond donors (Lipinski definition) is 3. The van der Waals surface area contributed by atoms with Gasteiger partial charge in [0.2, 0.25) is 0 Å². The summed E-state index contributed by atoms with van der Waals surface area (Å²) in [5.74, 6) is 5.33. The lowest BCUT2D eigenvalue weighted by Gasteiger charge is -2.59. The van der Waals surface area contributed by atoms with Crippen LogP contribution in [0.4, 0.5) is 0 Å². The van der Waals surface area contributed by atoms with Gasteiger partial charge in [0.25, 0.3) is 0 Å². The molecule has 52 heavy (non-hydrogen) atoms. The monoisotopic (exact) mass is 710 g/mol. The van der Waals surface area contributed by atoms with Crippen molar-refractivity contribution in [1.82, 2.24) is 16.0 Å². The van der Waals surface area contributed by atoms with Crippen LogP contribution in [0.25, 0.3) is 0 Å². The second-order valence-corrected chi connectivity index (χ2v) is 19.0. The van der Waals surface area contributed by atoms with E-state index in [0.29, 0.717) is 40.3 Å². The fourth-order valence-corrected chi connectivity index (χ4v) is 14.9. The summed E-state index contributed by atoms with van der Waals surface area (Å²) in [5, 5.41) is 22.3. The van der Waals surface area contributed by atoms with Crippen molar-refractivity contribution < 1.29 is 0 Å². The number of rotatable bonds is 4. The predicted molar refractivity (Wildman–Crippen MR) is 214 cm³/mol. The standard InChI is InChI=1S/C47H58N4S/c48-29-30-18-20-31(21-19-30)32-22-24-34(25-23-32)45-49-44(33-10-2-1-3-11-33)50-46(51-45)35-26-27-37-36-12-4-5-13-38(36)47(41(37)28-35)39-14-6-8-16-42(39)52-43-17-9-7-15-40(43)47/h4,8,10,12,16-18,22,24-28,31-32,36-42,44-46,49-51H,1-3,5-7,9,11,13-15,19-21,23H2. The predicted octanol–water partition coefficient (Wildman–Crippen LogP) is 10.1.